The van der Waals surface area contributed by atoms with Crippen LogP contribution in [0.15, 0.2) is 96.4 Å². The Morgan fingerprint density at radius 2 is 1.72 bits per heavy atom. The molecule has 2 N–H and O–H groups in total. The van der Waals surface area contributed by atoms with Gasteiger partial charge in [0.1, 0.15) is 0 Å². The average Bonchev–Trinajstić information content (AvgIpc) is 3.51. The lowest BCUT2D eigenvalue weighted by Gasteiger charge is -2.10. The van der Waals surface area contributed by atoms with Gasteiger partial charge in [-0.05, 0) is 48.0 Å². The number of nitrogens with zero attached hydrogens (tertiary/aromatic N) is 5. The van der Waals surface area contributed by atoms with Gasteiger partial charge in [-0.15, -0.1) is 5.10 Å². The molecule has 0 radical (unpaired) electrons. The molecule has 0 aliphatic rings. The number of rotatable bonds is 8. The van der Waals surface area contributed by atoms with Crippen LogP contribution in [0.2, 0.25) is 0 Å². The second-order valence-electron chi connectivity index (χ2n) is 8.20. The van der Waals surface area contributed by atoms with Crippen LogP contribution in [0, 0.1) is 0 Å². The molecular weight excluding hydrogens is 458 g/mol. The van der Waals surface area contributed by atoms with Gasteiger partial charge < -0.3 is 15.2 Å². The molecule has 2 amide bonds. The van der Waals surface area contributed by atoms with Crippen LogP contribution in [0.1, 0.15) is 22.3 Å². The molecule has 180 valence electrons. The van der Waals surface area contributed by atoms with Crippen LogP contribution < -0.4 is 16.3 Å². The molecule has 5 aromatic rings. The largest absolute Gasteiger partial charge is 0.350 e. The number of imidazole rings is 1. The highest BCUT2D eigenvalue weighted by Crippen LogP contribution is 2.16. The lowest BCUT2D eigenvalue weighted by molar-refractivity contribution is -0.116. The van der Waals surface area contributed by atoms with Gasteiger partial charge >= 0.3 is 5.69 Å². The predicted molar refractivity (Wildman–Crippen MR) is 135 cm³/mol. The number of benzene rings is 2. The Labute approximate surface area is 205 Å². The van der Waals surface area contributed by atoms with Crippen molar-refractivity contribution in [3.8, 4) is 0 Å². The predicted octanol–water partition coefficient (Wildman–Crippen LogP) is 3.02. The van der Waals surface area contributed by atoms with Gasteiger partial charge in [-0.25, -0.2) is 14.5 Å². The third-order valence-electron chi connectivity index (χ3n) is 5.57. The van der Waals surface area contributed by atoms with Crippen molar-refractivity contribution in [1.82, 2.24) is 23.7 Å². The van der Waals surface area contributed by atoms with E-state index in [0.29, 0.717) is 29.1 Å². The van der Waals surface area contributed by atoms with E-state index in [1.807, 2.05) is 22.8 Å². The van der Waals surface area contributed by atoms with Gasteiger partial charge in [0.2, 0.25) is 5.91 Å². The Morgan fingerprint density at radius 1 is 0.889 bits per heavy atom. The number of nitrogens with one attached hydrogen (secondary N) is 2. The molecule has 10 heteroatoms. The molecule has 0 saturated carbocycles. The maximum atomic E-state index is 12.9. The Bertz CT molecular complexity index is 1580. The first-order valence-corrected chi connectivity index (χ1v) is 11.4. The molecule has 36 heavy (non-hydrogen) atoms. The average molecular weight is 482 g/mol. The molecule has 0 saturated heterocycles. The van der Waals surface area contributed by atoms with Crippen LogP contribution in [0.25, 0.3) is 5.65 Å². The van der Waals surface area contributed by atoms with Crippen LogP contribution in [0.4, 0.5) is 11.4 Å². The molecule has 0 aliphatic heterocycles. The lowest BCUT2D eigenvalue weighted by atomic mass is 10.1. The van der Waals surface area contributed by atoms with E-state index in [-0.39, 0.29) is 30.5 Å². The molecule has 0 bridgehead atoms. The van der Waals surface area contributed by atoms with Crippen molar-refractivity contribution in [3.63, 3.8) is 0 Å². The minimum Gasteiger partial charge on any atom is -0.337 e. The third-order valence-corrected chi connectivity index (χ3v) is 5.57. The fraction of sp³-hybridized carbons (Fsp3) is 0.115. The number of hydrogen-bond acceptors (Lipinski definition) is 5. The number of anilines is 2. The SMILES string of the molecule is O=C(CCn1ccnc1)Nc1cccc(C(=O)Nc2cccc(Cn3nc4ccccn4c3=O)c2)c1. The van der Waals surface area contributed by atoms with Crippen molar-refractivity contribution in [1.29, 1.82) is 0 Å². The second kappa shape index (κ2) is 10.1. The van der Waals surface area contributed by atoms with Gasteiger partial charge in [-0.1, -0.05) is 24.3 Å². The first-order chi connectivity index (χ1) is 17.5. The Hall–Kier alpha value is -4.99. The van der Waals surface area contributed by atoms with E-state index in [2.05, 4.69) is 20.7 Å². The summed E-state index contributed by atoms with van der Waals surface area (Å²) in [5, 5.41) is 10.0. The smallest absolute Gasteiger partial charge is 0.337 e. The number of pyridine rings is 1. The molecule has 3 aromatic heterocycles. The van der Waals surface area contributed by atoms with Crippen molar-refractivity contribution >= 4 is 28.8 Å². The summed E-state index contributed by atoms with van der Waals surface area (Å²) in [5.41, 5.74) is 2.69. The normalized spacial score (nSPS) is 10.9. The molecule has 5 rings (SSSR count). The van der Waals surface area contributed by atoms with Gasteiger partial charge in [0.15, 0.2) is 5.65 Å². The zero-order valence-electron chi connectivity index (χ0n) is 19.2. The Kier molecular flexibility index (Phi) is 6.39. The first kappa shape index (κ1) is 22.8. The minimum absolute atomic E-state index is 0.156. The number of aryl methyl sites for hydroxylation is 1. The van der Waals surface area contributed by atoms with Crippen molar-refractivity contribution in [3.05, 3.63) is 113 Å². The maximum absolute atomic E-state index is 12.9. The van der Waals surface area contributed by atoms with Gasteiger partial charge in [0.05, 0.1) is 12.9 Å². The zero-order valence-corrected chi connectivity index (χ0v) is 19.2. The standard InChI is InChI=1S/C26H23N7O3/c34-24(10-13-31-14-11-27-18-31)28-22-8-4-6-20(16-22)25(35)29-21-7-3-5-19(15-21)17-33-26(36)32-12-2-1-9-23(32)30-33/h1-9,11-12,14-16,18H,10,13,17H2,(H,28,34)(H,29,35). The number of aromatic nitrogens is 5. The van der Waals surface area contributed by atoms with Crippen LogP contribution in [-0.2, 0) is 17.9 Å². The molecule has 3 heterocycles. The van der Waals surface area contributed by atoms with E-state index in [1.165, 1.54) is 9.08 Å². The summed E-state index contributed by atoms with van der Waals surface area (Å²) in [5.74, 6) is -0.470. The van der Waals surface area contributed by atoms with E-state index in [0.717, 1.165) is 5.56 Å². The summed E-state index contributed by atoms with van der Waals surface area (Å²) in [6, 6.07) is 19.4. The zero-order chi connectivity index (χ0) is 24.9. The molecule has 10 nitrogen and oxygen atoms in total. The maximum Gasteiger partial charge on any atom is 0.350 e. The first-order valence-electron chi connectivity index (χ1n) is 11.4. The van der Waals surface area contributed by atoms with Crippen molar-refractivity contribution in [2.45, 2.75) is 19.5 Å². The van der Waals surface area contributed by atoms with Gasteiger partial charge in [0, 0.05) is 48.5 Å². The number of carbonyl (C=O) groups excluding carboxylic acids is 2. The van der Waals surface area contributed by atoms with Crippen LogP contribution in [0.5, 0.6) is 0 Å². The quantitative estimate of drug-likeness (QED) is 0.354. The molecule has 0 fully saturated rings. The summed E-state index contributed by atoms with van der Waals surface area (Å²) in [7, 11) is 0. The van der Waals surface area contributed by atoms with Crippen molar-refractivity contribution in [2.24, 2.45) is 0 Å². The monoisotopic (exact) mass is 481 g/mol. The molecular formula is C26H23N7O3. The molecule has 0 atom stereocenters. The topological polar surface area (TPSA) is 115 Å². The summed E-state index contributed by atoms with van der Waals surface area (Å²) in [6.45, 7) is 0.786. The molecule has 0 unspecified atom stereocenters. The van der Waals surface area contributed by atoms with Crippen molar-refractivity contribution in [2.75, 3.05) is 10.6 Å². The number of carbonyl (C=O) groups is 2. The lowest BCUT2D eigenvalue weighted by Crippen LogP contribution is -2.21. The summed E-state index contributed by atoms with van der Waals surface area (Å²) in [4.78, 5) is 41.6. The van der Waals surface area contributed by atoms with Crippen molar-refractivity contribution < 1.29 is 9.59 Å². The van der Waals surface area contributed by atoms with E-state index in [9.17, 15) is 14.4 Å². The van der Waals surface area contributed by atoms with Crippen LogP contribution in [-0.4, -0.2) is 35.5 Å². The molecule has 0 spiro atoms. The highest BCUT2D eigenvalue weighted by Gasteiger charge is 2.11. The fourth-order valence-corrected chi connectivity index (χ4v) is 3.81. The third kappa shape index (κ3) is 5.22. The fourth-order valence-electron chi connectivity index (χ4n) is 3.81. The van der Waals surface area contributed by atoms with Crippen LogP contribution >= 0.6 is 0 Å². The number of fused-ring (bicyclic) bond motifs is 1. The molecule has 2 aromatic carbocycles. The Morgan fingerprint density at radius 3 is 2.53 bits per heavy atom. The highest BCUT2D eigenvalue weighted by atomic mass is 16.2. The van der Waals surface area contributed by atoms with E-state index in [1.54, 1.807) is 73.4 Å². The number of hydrogen-bond donors (Lipinski definition) is 2. The highest BCUT2D eigenvalue weighted by molar-refractivity contribution is 6.05. The minimum atomic E-state index is -0.313. The van der Waals surface area contributed by atoms with E-state index < -0.39 is 0 Å². The second-order valence-corrected chi connectivity index (χ2v) is 8.20. The van der Waals surface area contributed by atoms with E-state index in [4.69, 9.17) is 0 Å². The molecule has 0 aliphatic carbocycles. The van der Waals surface area contributed by atoms with Gasteiger partial charge in [0.25, 0.3) is 5.91 Å². The summed E-state index contributed by atoms with van der Waals surface area (Å²) < 4.78 is 4.69. The number of amides is 2. The summed E-state index contributed by atoms with van der Waals surface area (Å²) >= 11 is 0. The van der Waals surface area contributed by atoms with Gasteiger partial charge in [-0.3, -0.25) is 14.0 Å². The van der Waals surface area contributed by atoms with E-state index >= 15 is 0 Å². The summed E-state index contributed by atoms with van der Waals surface area (Å²) in [6.07, 6.45) is 7.07. The Balaban J connectivity index is 1.23. The van der Waals surface area contributed by atoms with Crippen LogP contribution in [0.3, 0.4) is 0 Å². The van der Waals surface area contributed by atoms with Gasteiger partial charge in [-0.2, -0.15) is 0 Å².